The molecule has 3 saturated carbocycles. The van der Waals surface area contributed by atoms with Crippen molar-refractivity contribution in [2.45, 2.75) is 111 Å². The molecule has 4 aliphatic rings. The minimum atomic E-state index is -0.121. The van der Waals surface area contributed by atoms with Crippen LogP contribution in [0.15, 0.2) is 11.6 Å². The lowest BCUT2D eigenvalue weighted by Crippen LogP contribution is -2.51. The first-order valence-corrected chi connectivity index (χ1v) is 17.3. The van der Waals surface area contributed by atoms with Crippen LogP contribution in [0.2, 0.25) is 0 Å². The largest absolute Gasteiger partial charge is 0.446 e. The normalized spacial score (nSPS) is 35.6. The van der Waals surface area contributed by atoms with E-state index < -0.39 is 0 Å². The molecule has 0 radical (unpaired) electrons. The van der Waals surface area contributed by atoms with Crippen LogP contribution < -0.4 is 0 Å². The van der Waals surface area contributed by atoms with Crippen LogP contribution in [0.1, 0.15) is 105 Å². The van der Waals surface area contributed by atoms with E-state index in [4.69, 9.17) is 4.74 Å². The second-order valence-corrected chi connectivity index (χ2v) is 16.1. The minimum absolute atomic E-state index is 0.0241. The summed E-state index contributed by atoms with van der Waals surface area (Å²) in [6.45, 7) is 15.7. The molecule has 3 fully saturated rings. The van der Waals surface area contributed by atoms with Crippen LogP contribution in [0.4, 0.5) is 4.79 Å². The Morgan fingerprint density at radius 3 is 2.22 bits per heavy atom. The van der Waals surface area contributed by atoms with Gasteiger partial charge in [-0.15, -0.1) is 0 Å². The molecule has 0 aromatic heterocycles. The molecule has 41 heavy (non-hydrogen) atoms. The first-order chi connectivity index (χ1) is 19.3. The van der Waals surface area contributed by atoms with Gasteiger partial charge in [-0.1, -0.05) is 65.5 Å². The first-order valence-electron chi connectivity index (χ1n) is 17.3. The number of hydrogen-bond donors (Lipinski definition) is 0. The van der Waals surface area contributed by atoms with Crippen LogP contribution in [0.3, 0.4) is 0 Å². The summed E-state index contributed by atoms with van der Waals surface area (Å²) >= 11 is 0. The fraction of sp³-hybridized carbons (Fsp3) is 0.917. The predicted octanol–water partition coefficient (Wildman–Crippen LogP) is 7.96. The lowest BCUT2D eigenvalue weighted by atomic mass is 9.47. The van der Waals surface area contributed by atoms with Crippen LogP contribution >= 0.6 is 0 Å². The zero-order valence-corrected chi connectivity index (χ0v) is 28.4. The van der Waals surface area contributed by atoms with Crippen LogP contribution in [0, 0.1) is 46.3 Å². The zero-order valence-electron chi connectivity index (χ0n) is 28.4. The quantitative estimate of drug-likeness (QED) is 0.223. The molecule has 0 aromatic rings. The number of hydrogen-bond acceptors (Lipinski definition) is 4. The monoisotopic (exact) mass is 572 g/mol. The van der Waals surface area contributed by atoms with Crippen molar-refractivity contribution in [3.8, 4) is 0 Å². The third kappa shape index (κ3) is 7.36. The standard InChI is InChI=1S/C36H65N3O2/c1-26(2)11-10-12-27(3)31-15-16-32-30-14-13-28-25-29(17-19-35(28,4)33(30)18-20-36(31,32)5)41-34(40)39(23-21-37(6)7)24-22-38(8)9/h13,26-27,29-33H,10-12,14-25H2,1-9H3/t27-,29+,30+,31-,32+,33+,35+,36-/m1/s1. The van der Waals surface area contributed by atoms with Gasteiger partial charge in [0.15, 0.2) is 0 Å². The average molecular weight is 572 g/mol. The van der Waals surface area contributed by atoms with Crippen LogP contribution in [0.25, 0.3) is 0 Å². The van der Waals surface area contributed by atoms with Gasteiger partial charge in [0.25, 0.3) is 0 Å². The molecule has 5 heteroatoms. The lowest BCUT2D eigenvalue weighted by Gasteiger charge is -2.58. The van der Waals surface area contributed by atoms with Gasteiger partial charge in [-0.25, -0.2) is 4.79 Å². The van der Waals surface area contributed by atoms with E-state index in [1.54, 1.807) is 5.57 Å². The van der Waals surface area contributed by atoms with Crippen LogP contribution in [-0.4, -0.2) is 81.3 Å². The molecular formula is C36H65N3O2. The molecule has 4 rings (SSSR count). The highest BCUT2D eigenvalue weighted by atomic mass is 16.6. The van der Waals surface area contributed by atoms with Crippen molar-refractivity contribution in [2.75, 3.05) is 54.4 Å². The molecule has 5 nitrogen and oxygen atoms in total. The third-order valence-electron chi connectivity index (χ3n) is 12.4. The summed E-state index contributed by atoms with van der Waals surface area (Å²) in [4.78, 5) is 19.5. The molecule has 0 heterocycles. The molecule has 0 unspecified atom stereocenters. The Hall–Kier alpha value is -1.07. The summed E-state index contributed by atoms with van der Waals surface area (Å²) in [6.07, 6.45) is 16.8. The van der Waals surface area contributed by atoms with E-state index in [2.05, 4.69) is 78.7 Å². The molecular weight excluding hydrogens is 506 g/mol. The molecule has 0 aliphatic heterocycles. The fourth-order valence-corrected chi connectivity index (χ4v) is 9.91. The molecule has 0 spiro atoms. The summed E-state index contributed by atoms with van der Waals surface area (Å²) in [6, 6.07) is 0. The first kappa shape index (κ1) is 32.8. The maximum absolute atomic E-state index is 13.3. The van der Waals surface area contributed by atoms with Crippen molar-refractivity contribution >= 4 is 6.09 Å². The summed E-state index contributed by atoms with van der Waals surface area (Å²) in [5.74, 6) is 5.16. The molecule has 1 amide bonds. The van der Waals surface area contributed by atoms with E-state index in [-0.39, 0.29) is 12.2 Å². The van der Waals surface area contributed by atoms with E-state index in [9.17, 15) is 4.79 Å². The number of amides is 1. The van der Waals surface area contributed by atoms with E-state index >= 15 is 0 Å². The van der Waals surface area contributed by atoms with Gasteiger partial charge in [0, 0.05) is 32.6 Å². The predicted molar refractivity (Wildman–Crippen MR) is 172 cm³/mol. The molecule has 0 saturated heterocycles. The molecule has 0 bridgehead atoms. The van der Waals surface area contributed by atoms with Gasteiger partial charge in [0.2, 0.25) is 0 Å². The second kappa shape index (κ2) is 13.7. The van der Waals surface area contributed by atoms with Gasteiger partial charge < -0.3 is 19.4 Å². The van der Waals surface area contributed by atoms with Gasteiger partial charge >= 0.3 is 6.09 Å². The number of carbonyl (C=O) groups is 1. The van der Waals surface area contributed by atoms with E-state index in [0.717, 1.165) is 61.4 Å². The highest BCUT2D eigenvalue weighted by Crippen LogP contribution is 2.67. The topological polar surface area (TPSA) is 36.0 Å². The van der Waals surface area contributed by atoms with Crippen molar-refractivity contribution in [3.05, 3.63) is 11.6 Å². The van der Waals surface area contributed by atoms with E-state index in [0.29, 0.717) is 23.9 Å². The Morgan fingerprint density at radius 2 is 1.59 bits per heavy atom. The van der Waals surface area contributed by atoms with Crippen molar-refractivity contribution in [2.24, 2.45) is 46.3 Å². The van der Waals surface area contributed by atoms with Gasteiger partial charge in [0.05, 0.1) is 0 Å². The van der Waals surface area contributed by atoms with E-state index in [1.165, 1.54) is 57.8 Å². The van der Waals surface area contributed by atoms with Crippen LogP contribution in [0.5, 0.6) is 0 Å². The molecule has 8 atom stereocenters. The van der Waals surface area contributed by atoms with Crippen molar-refractivity contribution in [3.63, 3.8) is 0 Å². The zero-order chi connectivity index (χ0) is 29.9. The number of allylic oxidation sites excluding steroid dienone is 1. The Kier molecular flexibility index (Phi) is 11.0. The third-order valence-corrected chi connectivity index (χ3v) is 12.4. The highest BCUT2D eigenvalue weighted by Gasteiger charge is 2.59. The summed E-state index contributed by atoms with van der Waals surface area (Å²) in [5.41, 5.74) is 2.44. The molecule has 236 valence electrons. The smallest absolute Gasteiger partial charge is 0.410 e. The fourth-order valence-electron chi connectivity index (χ4n) is 9.91. The summed E-state index contributed by atoms with van der Waals surface area (Å²) in [5, 5.41) is 0. The summed E-state index contributed by atoms with van der Waals surface area (Å²) in [7, 11) is 8.26. The maximum atomic E-state index is 13.3. The van der Waals surface area contributed by atoms with E-state index in [1.807, 2.05) is 4.90 Å². The van der Waals surface area contributed by atoms with Gasteiger partial charge in [-0.2, -0.15) is 0 Å². The van der Waals surface area contributed by atoms with Crippen molar-refractivity contribution < 1.29 is 9.53 Å². The number of rotatable bonds is 12. The van der Waals surface area contributed by atoms with Crippen molar-refractivity contribution in [1.29, 1.82) is 0 Å². The molecule has 0 N–H and O–H groups in total. The Bertz CT molecular complexity index is 887. The number of ether oxygens (including phenoxy) is 1. The molecule has 4 aliphatic carbocycles. The second-order valence-electron chi connectivity index (χ2n) is 16.1. The Balaban J connectivity index is 1.39. The van der Waals surface area contributed by atoms with Crippen LogP contribution in [-0.2, 0) is 4.74 Å². The number of nitrogens with zero attached hydrogens (tertiary/aromatic N) is 3. The Morgan fingerprint density at radius 1 is 0.902 bits per heavy atom. The lowest BCUT2D eigenvalue weighted by molar-refractivity contribution is -0.0594. The summed E-state index contributed by atoms with van der Waals surface area (Å²) < 4.78 is 6.23. The Labute approximate surface area is 253 Å². The average Bonchev–Trinajstić information content (AvgIpc) is 3.25. The van der Waals surface area contributed by atoms with Gasteiger partial charge in [-0.3, -0.25) is 0 Å². The minimum Gasteiger partial charge on any atom is -0.446 e. The SMILES string of the molecule is CC(C)CCC[C@@H](C)[C@H]1CC[C@H]2[C@@H]3CC=C4C[C@@H](OC(=O)N(CCN(C)C)CCN(C)C)CC[C@]4(C)[C@H]3CC[C@]12C. The molecule has 0 aromatic carbocycles. The number of carbonyl (C=O) groups excluding carboxylic acids is 1. The van der Waals surface area contributed by atoms with Gasteiger partial charge in [0.1, 0.15) is 6.10 Å². The highest BCUT2D eigenvalue weighted by molar-refractivity contribution is 5.68. The number of likely N-dealkylation sites (N-methyl/N-ethyl adjacent to an activating group) is 2. The van der Waals surface area contributed by atoms with Crippen molar-refractivity contribution in [1.82, 2.24) is 14.7 Å². The maximum Gasteiger partial charge on any atom is 0.410 e. The number of fused-ring (bicyclic) bond motifs is 5. The van der Waals surface area contributed by atoms with Gasteiger partial charge in [-0.05, 0) is 119 Å².